The Morgan fingerprint density at radius 3 is 2.71 bits per heavy atom. The third kappa shape index (κ3) is 2.32. The van der Waals surface area contributed by atoms with Gasteiger partial charge in [0, 0.05) is 12.6 Å². The number of fused-ring (bicyclic) bond motifs is 1. The van der Waals surface area contributed by atoms with Gasteiger partial charge in [-0.05, 0) is 13.3 Å². The number of nitrogens with zero attached hydrogens (tertiary/aromatic N) is 4. The fourth-order valence-corrected chi connectivity index (χ4v) is 2.97. The van der Waals surface area contributed by atoms with Crippen molar-refractivity contribution in [1.82, 2.24) is 19.9 Å². The van der Waals surface area contributed by atoms with E-state index in [4.69, 9.17) is 0 Å². The summed E-state index contributed by atoms with van der Waals surface area (Å²) >= 11 is 0. The smallest absolute Gasteiger partial charge is 0.543 e. The van der Waals surface area contributed by atoms with Crippen molar-refractivity contribution in [3.8, 4) is 0 Å². The van der Waals surface area contributed by atoms with Gasteiger partial charge in [0.2, 0.25) is 5.91 Å². The van der Waals surface area contributed by atoms with E-state index in [-0.39, 0.29) is 47.2 Å². The number of rotatable bonds is 3. The zero-order chi connectivity index (χ0) is 14.6. The van der Waals surface area contributed by atoms with Crippen LogP contribution in [0.1, 0.15) is 19.0 Å². The molecule has 1 N–H and O–H groups in total. The number of carbonyl (C=O) groups is 2. The first-order chi connectivity index (χ1) is 9.41. The molecule has 0 radical (unpaired) electrons. The van der Waals surface area contributed by atoms with Gasteiger partial charge in [0.1, 0.15) is 5.69 Å². The van der Waals surface area contributed by atoms with Gasteiger partial charge in [0.05, 0.1) is 35.9 Å². The van der Waals surface area contributed by atoms with E-state index in [0.29, 0.717) is 17.7 Å². The second-order valence-corrected chi connectivity index (χ2v) is 5.14. The first-order valence-corrected chi connectivity index (χ1v) is 6.24. The Morgan fingerprint density at radius 1 is 1.57 bits per heavy atom. The van der Waals surface area contributed by atoms with Gasteiger partial charge in [0.15, 0.2) is 0 Å². The zero-order valence-electron chi connectivity index (χ0n) is 12.0. The standard InChI is InChI=1S/C12H14N4O4.Na/c1-5(17)9-8-3-6(7-4-15(2)14-13-7)10(12(19)20)16(8)11(9)18;/h4-5,8-9,17H,3H2,1-2H3,(H,19,20);/q;+1/p-1/t5-,8-,9-;/m1./s1. The van der Waals surface area contributed by atoms with Crippen molar-refractivity contribution in [3.05, 3.63) is 17.6 Å². The molecule has 0 aliphatic carbocycles. The molecule has 0 aromatic carbocycles. The molecule has 3 heterocycles. The summed E-state index contributed by atoms with van der Waals surface area (Å²) < 4.78 is 1.46. The van der Waals surface area contributed by atoms with Gasteiger partial charge in [-0.3, -0.25) is 9.48 Å². The minimum absolute atomic E-state index is 0. The third-order valence-electron chi connectivity index (χ3n) is 3.83. The van der Waals surface area contributed by atoms with E-state index in [0.717, 1.165) is 0 Å². The number of aliphatic carboxylic acids is 1. The molecule has 1 amide bonds. The predicted octanol–water partition coefficient (Wildman–Crippen LogP) is -5.11. The maximum Gasteiger partial charge on any atom is 1.00 e. The van der Waals surface area contributed by atoms with Gasteiger partial charge in [-0.15, -0.1) is 5.10 Å². The van der Waals surface area contributed by atoms with E-state index in [1.807, 2.05) is 0 Å². The van der Waals surface area contributed by atoms with Crippen LogP contribution in [0.15, 0.2) is 11.9 Å². The molecule has 21 heavy (non-hydrogen) atoms. The molecule has 3 atom stereocenters. The van der Waals surface area contributed by atoms with Gasteiger partial charge in [-0.1, -0.05) is 5.21 Å². The summed E-state index contributed by atoms with van der Waals surface area (Å²) in [6.07, 6.45) is 1.11. The number of carbonyl (C=O) groups excluding carboxylic acids is 2. The van der Waals surface area contributed by atoms with Crippen molar-refractivity contribution < 1.29 is 49.4 Å². The van der Waals surface area contributed by atoms with Crippen LogP contribution >= 0.6 is 0 Å². The van der Waals surface area contributed by atoms with Crippen molar-refractivity contribution in [3.63, 3.8) is 0 Å². The number of aliphatic hydroxyl groups is 1. The zero-order valence-corrected chi connectivity index (χ0v) is 14.0. The maximum atomic E-state index is 12.0. The van der Waals surface area contributed by atoms with Crippen LogP contribution in [-0.4, -0.2) is 49.0 Å². The van der Waals surface area contributed by atoms with E-state index < -0.39 is 18.0 Å². The average Bonchev–Trinajstić information content (AvgIpc) is 2.90. The largest absolute Gasteiger partial charge is 1.00 e. The van der Waals surface area contributed by atoms with Crippen molar-refractivity contribution in [2.75, 3.05) is 0 Å². The molecule has 0 bridgehead atoms. The molecule has 2 aliphatic heterocycles. The van der Waals surface area contributed by atoms with E-state index in [1.165, 1.54) is 16.5 Å². The number of aliphatic hydroxyl groups excluding tert-OH is 1. The van der Waals surface area contributed by atoms with Crippen LogP contribution in [0, 0.1) is 5.92 Å². The van der Waals surface area contributed by atoms with E-state index in [2.05, 4.69) is 10.3 Å². The van der Waals surface area contributed by atoms with E-state index in [9.17, 15) is 19.8 Å². The Bertz CT molecular complexity index is 639. The van der Waals surface area contributed by atoms with Gasteiger partial charge in [0.25, 0.3) is 0 Å². The van der Waals surface area contributed by atoms with E-state index >= 15 is 0 Å². The number of hydrogen-bond acceptors (Lipinski definition) is 6. The Kier molecular flexibility index (Phi) is 4.25. The summed E-state index contributed by atoms with van der Waals surface area (Å²) in [7, 11) is 1.67. The summed E-state index contributed by atoms with van der Waals surface area (Å²) in [5, 5.41) is 28.6. The van der Waals surface area contributed by atoms with Gasteiger partial charge < -0.3 is 19.9 Å². The average molecular weight is 300 g/mol. The summed E-state index contributed by atoms with van der Waals surface area (Å²) in [5.74, 6) is -2.37. The van der Waals surface area contributed by atoms with Crippen LogP contribution < -0.4 is 34.7 Å². The molecule has 1 fully saturated rings. The van der Waals surface area contributed by atoms with Crippen LogP contribution in [0.5, 0.6) is 0 Å². The molecule has 1 saturated heterocycles. The SMILES string of the molecule is C[C@@H](O)[C@H]1C(=O)N2C(C(=O)[O-])=C(c3cn(C)nn3)C[C@H]12.[Na+]. The number of carboxylic acids is 1. The molecule has 3 rings (SSSR count). The Balaban J connectivity index is 0.00000161. The minimum atomic E-state index is -1.41. The van der Waals surface area contributed by atoms with Crippen LogP contribution in [0.25, 0.3) is 5.57 Å². The quantitative estimate of drug-likeness (QED) is 0.441. The van der Waals surface area contributed by atoms with Gasteiger partial charge >= 0.3 is 29.6 Å². The monoisotopic (exact) mass is 300 g/mol. The second kappa shape index (κ2) is 5.53. The summed E-state index contributed by atoms with van der Waals surface area (Å²) in [4.78, 5) is 24.5. The Hall–Kier alpha value is -1.22. The van der Waals surface area contributed by atoms with Crippen molar-refractivity contribution in [2.24, 2.45) is 13.0 Å². The molecule has 1 aromatic rings. The predicted molar refractivity (Wildman–Crippen MR) is 63.4 cm³/mol. The molecule has 8 nitrogen and oxygen atoms in total. The number of carboxylic acid groups (broad SMARTS) is 1. The molecular formula is C12H13N4NaO4. The molecule has 1 aromatic heterocycles. The number of aromatic nitrogens is 3. The molecule has 0 spiro atoms. The second-order valence-electron chi connectivity index (χ2n) is 5.14. The molecule has 0 unspecified atom stereocenters. The molecule has 2 aliphatic rings. The van der Waals surface area contributed by atoms with Crippen molar-refractivity contribution in [2.45, 2.75) is 25.5 Å². The van der Waals surface area contributed by atoms with Crippen LogP contribution in [-0.2, 0) is 16.6 Å². The molecule has 9 heteroatoms. The summed E-state index contributed by atoms with van der Waals surface area (Å²) in [6.45, 7) is 1.53. The first kappa shape index (κ1) is 16.2. The summed E-state index contributed by atoms with van der Waals surface area (Å²) in [5.41, 5.74) is 0.690. The van der Waals surface area contributed by atoms with Crippen LogP contribution in [0.2, 0.25) is 0 Å². The van der Waals surface area contributed by atoms with Crippen molar-refractivity contribution in [1.29, 1.82) is 0 Å². The number of aryl methyl sites for hydroxylation is 1. The van der Waals surface area contributed by atoms with Gasteiger partial charge in [-0.25, -0.2) is 0 Å². The molecule has 0 saturated carbocycles. The van der Waals surface area contributed by atoms with Crippen molar-refractivity contribution >= 4 is 17.4 Å². The third-order valence-corrected chi connectivity index (χ3v) is 3.83. The molecular weight excluding hydrogens is 287 g/mol. The van der Waals surface area contributed by atoms with E-state index in [1.54, 1.807) is 13.2 Å². The van der Waals surface area contributed by atoms with Crippen LogP contribution in [0.4, 0.5) is 0 Å². The minimum Gasteiger partial charge on any atom is -0.543 e. The number of β-lactam (4-membered cyclic amide) rings is 1. The fraction of sp³-hybridized carbons (Fsp3) is 0.500. The fourth-order valence-electron chi connectivity index (χ4n) is 2.97. The summed E-state index contributed by atoms with van der Waals surface area (Å²) in [6, 6.07) is -0.340. The topological polar surface area (TPSA) is 111 Å². The Morgan fingerprint density at radius 2 is 2.24 bits per heavy atom. The van der Waals surface area contributed by atoms with Gasteiger partial charge in [-0.2, -0.15) is 0 Å². The first-order valence-electron chi connectivity index (χ1n) is 6.24. The van der Waals surface area contributed by atoms with Crippen LogP contribution in [0.3, 0.4) is 0 Å². The number of amides is 1. The maximum absolute atomic E-state index is 12.0. The molecule has 106 valence electrons. The number of hydrogen-bond donors (Lipinski definition) is 1. The normalized spacial score (nSPS) is 25.3. The Labute approximate surface area is 142 Å².